The lowest BCUT2D eigenvalue weighted by molar-refractivity contribution is -0.140. The van der Waals surface area contributed by atoms with Crippen LogP contribution in [0.5, 0.6) is 0 Å². The molecule has 1 amide bonds. The molecule has 1 aromatic rings. The number of ether oxygens (including phenoxy) is 1. The summed E-state index contributed by atoms with van der Waals surface area (Å²) in [4.78, 5) is 14.8. The number of carbonyl (C=O) groups is 1. The molecule has 21 heavy (non-hydrogen) atoms. The SMILES string of the molecule is CNCCN(C)C(=O)C1(c2cccc(Cl)c2)CCOCC1. The van der Waals surface area contributed by atoms with Crippen molar-refractivity contribution in [2.75, 3.05) is 40.4 Å². The van der Waals surface area contributed by atoms with Gasteiger partial charge in [0.15, 0.2) is 0 Å². The molecule has 0 aromatic heterocycles. The average molecular weight is 311 g/mol. The molecule has 0 radical (unpaired) electrons. The van der Waals surface area contributed by atoms with E-state index in [4.69, 9.17) is 16.3 Å². The van der Waals surface area contributed by atoms with Gasteiger partial charge in [-0.1, -0.05) is 23.7 Å². The van der Waals surface area contributed by atoms with Crippen molar-refractivity contribution in [3.05, 3.63) is 34.9 Å². The predicted molar refractivity (Wildman–Crippen MR) is 84.7 cm³/mol. The number of rotatable bonds is 5. The normalized spacial score (nSPS) is 17.5. The first-order chi connectivity index (χ1) is 10.1. The Bertz CT molecular complexity index is 487. The van der Waals surface area contributed by atoms with E-state index >= 15 is 0 Å². The minimum atomic E-state index is -0.508. The van der Waals surface area contributed by atoms with Crippen molar-refractivity contribution in [3.63, 3.8) is 0 Å². The summed E-state index contributed by atoms with van der Waals surface area (Å²) in [5.74, 6) is 0.156. The molecule has 1 fully saturated rings. The van der Waals surface area contributed by atoms with Crippen LogP contribution in [0.15, 0.2) is 24.3 Å². The molecule has 0 spiro atoms. The van der Waals surface area contributed by atoms with E-state index in [1.54, 1.807) is 0 Å². The van der Waals surface area contributed by atoms with E-state index < -0.39 is 5.41 Å². The quantitative estimate of drug-likeness (QED) is 0.905. The first-order valence-corrected chi connectivity index (χ1v) is 7.72. The monoisotopic (exact) mass is 310 g/mol. The highest BCUT2D eigenvalue weighted by Gasteiger charge is 2.43. The fraction of sp³-hybridized carbons (Fsp3) is 0.562. The van der Waals surface area contributed by atoms with Crippen LogP contribution in [-0.4, -0.2) is 51.2 Å². The number of nitrogens with one attached hydrogen (secondary N) is 1. The van der Waals surface area contributed by atoms with Gasteiger partial charge in [-0.3, -0.25) is 4.79 Å². The van der Waals surface area contributed by atoms with Crippen LogP contribution < -0.4 is 5.32 Å². The minimum Gasteiger partial charge on any atom is -0.381 e. The second kappa shape index (κ2) is 7.25. The molecule has 1 saturated heterocycles. The third-order valence-corrected chi connectivity index (χ3v) is 4.41. The zero-order valence-corrected chi connectivity index (χ0v) is 13.4. The van der Waals surface area contributed by atoms with Crippen LogP contribution in [0.25, 0.3) is 0 Å². The Morgan fingerprint density at radius 1 is 1.43 bits per heavy atom. The largest absolute Gasteiger partial charge is 0.381 e. The number of carbonyl (C=O) groups excluding carboxylic acids is 1. The standard InChI is InChI=1S/C16H23ClN2O2/c1-18-8-9-19(2)15(20)16(6-10-21-11-7-16)13-4-3-5-14(17)12-13/h3-5,12,18H,6-11H2,1-2H3. The predicted octanol–water partition coefficient (Wildman–Crippen LogP) is 2.07. The van der Waals surface area contributed by atoms with Gasteiger partial charge in [0.1, 0.15) is 0 Å². The third kappa shape index (κ3) is 3.57. The van der Waals surface area contributed by atoms with Crippen LogP contribution in [0, 0.1) is 0 Å². The van der Waals surface area contributed by atoms with Crippen molar-refractivity contribution in [3.8, 4) is 0 Å². The number of nitrogens with zero attached hydrogens (tertiary/aromatic N) is 1. The molecule has 0 unspecified atom stereocenters. The van der Waals surface area contributed by atoms with E-state index in [0.717, 1.165) is 12.1 Å². The Labute approximate surface area is 131 Å². The lowest BCUT2D eigenvalue weighted by Crippen LogP contribution is -2.49. The number of likely N-dealkylation sites (N-methyl/N-ethyl adjacent to an activating group) is 2. The molecule has 0 saturated carbocycles. The Morgan fingerprint density at radius 3 is 2.76 bits per heavy atom. The summed E-state index contributed by atoms with van der Waals surface area (Å²) in [7, 11) is 3.75. The van der Waals surface area contributed by atoms with Gasteiger partial charge in [-0.05, 0) is 37.6 Å². The maximum absolute atomic E-state index is 13.0. The van der Waals surface area contributed by atoms with Gasteiger partial charge in [0.2, 0.25) is 5.91 Å². The van der Waals surface area contributed by atoms with Gasteiger partial charge in [-0.25, -0.2) is 0 Å². The molecular weight excluding hydrogens is 288 g/mol. The summed E-state index contributed by atoms with van der Waals surface area (Å²) >= 11 is 6.13. The molecule has 4 nitrogen and oxygen atoms in total. The summed E-state index contributed by atoms with van der Waals surface area (Å²) in [6.45, 7) is 2.69. The van der Waals surface area contributed by atoms with Crippen LogP contribution in [0.1, 0.15) is 18.4 Å². The van der Waals surface area contributed by atoms with Crippen molar-refractivity contribution < 1.29 is 9.53 Å². The highest BCUT2D eigenvalue weighted by atomic mass is 35.5. The van der Waals surface area contributed by atoms with Crippen LogP contribution in [0.4, 0.5) is 0 Å². The molecule has 2 rings (SSSR count). The first kappa shape index (κ1) is 16.3. The highest BCUT2D eigenvalue weighted by Crippen LogP contribution is 2.37. The Hall–Kier alpha value is -1.10. The van der Waals surface area contributed by atoms with Gasteiger partial charge < -0.3 is 15.0 Å². The van der Waals surface area contributed by atoms with E-state index in [9.17, 15) is 4.79 Å². The Balaban J connectivity index is 2.31. The Morgan fingerprint density at radius 2 is 2.14 bits per heavy atom. The lowest BCUT2D eigenvalue weighted by Gasteiger charge is -2.39. The van der Waals surface area contributed by atoms with Gasteiger partial charge in [0, 0.05) is 38.4 Å². The Kier molecular flexibility index (Phi) is 5.62. The minimum absolute atomic E-state index is 0.156. The van der Waals surface area contributed by atoms with E-state index in [0.29, 0.717) is 37.6 Å². The second-order valence-electron chi connectivity index (χ2n) is 5.54. The van der Waals surface area contributed by atoms with Crippen LogP contribution >= 0.6 is 11.6 Å². The molecule has 5 heteroatoms. The number of hydrogen-bond donors (Lipinski definition) is 1. The van der Waals surface area contributed by atoms with Gasteiger partial charge in [-0.2, -0.15) is 0 Å². The lowest BCUT2D eigenvalue weighted by atomic mass is 9.73. The van der Waals surface area contributed by atoms with Gasteiger partial charge in [0.05, 0.1) is 5.41 Å². The van der Waals surface area contributed by atoms with Crippen molar-refractivity contribution >= 4 is 17.5 Å². The molecule has 1 aliphatic rings. The second-order valence-corrected chi connectivity index (χ2v) is 5.97. The number of benzene rings is 1. The molecule has 0 aliphatic carbocycles. The fourth-order valence-corrected chi connectivity index (χ4v) is 3.07. The van der Waals surface area contributed by atoms with Crippen LogP contribution in [0.3, 0.4) is 0 Å². The highest BCUT2D eigenvalue weighted by molar-refractivity contribution is 6.30. The molecular formula is C16H23ClN2O2. The van der Waals surface area contributed by atoms with Crippen molar-refractivity contribution in [2.24, 2.45) is 0 Å². The number of hydrogen-bond acceptors (Lipinski definition) is 3. The molecule has 0 atom stereocenters. The zero-order chi connectivity index (χ0) is 15.3. The zero-order valence-electron chi connectivity index (χ0n) is 12.7. The maximum atomic E-state index is 13.0. The summed E-state index contributed by atoms with van der Waals surface area (Å²) in [6.07, 6.45) is 1.41. The summed E-state index contributed by atoms with van der Waals surface area (Å²) in [6, 6.07) is 7.67. The number of halogens is 1. The molecule has 1 heterocycles. The van der Waals surface area contributed by atoms with E-state index in [-0.39, 0.29) is 5.91 Å². The fourth-order valence-electron chi connectivity index (χ4n) is 2.88. The average Bonchev–Trinajstić information content (AvgIpc) is 2.52. The molecule has 1 aromatic carbocycles. The first-order valence-electron chi connectivity index (χ1n) is 7.34. The molecule has 1 N–H and O–H groups in total. The maximum Gasteiger partial charge on any atom is 0.233 e. The van der Waals surface area contributed by atoms with E-state index in [2.05, 4.69) is 5.32 Å². The van der Waals surface area contributed by atoms with Gasteiger partial charge in [-0.15, -0.1) is 0 Å². The topological polar surface area (TPSA) is 41.6 Å². The van der Waals surface area contributed by atoms with Crippen molar-refractivity contribution in [2.45, 2.75) is 18.3 Å². The van der Waals surface area contributed by atoms with Gasteiger partial charge >= 0.3 is 0 Å². The summed E-state index contributed by atoms with van der Waals surface area (Å²) < 4.78 is 5.47. The van der Waals surface area contributed by atoms with E-state index in [1.165, 1.54) is 0 Å². The summed E-state index contributed by atoms with van der Waals surface area (Å²) in [5.41, 5.74) is 0.491. The van der Waals surface area contributed by atoms with E-state index in [1.807, 2.05) is 43.3 Å². The molecule has 1 aliphatic heterocycles. The number of amides is 1. The third-order valence-electron chi connectivity index (χ3n) is 4.18. The smallest absolute Gasteiger partial charge is 0.233 e. The van der Waals surface area contributed by atoms with Crippen molar-refractivity contribution in [1.29, 1.82) is 0 Å². The molecule has 0 bridgehead atoms. The van der Waals surface area contributed by atoms with Crippen LogP contribution in [-0.2, 0) is 14.9 Å². The van der Waals surface area contributed by atoms with Gasteiger partial charge in [0.25, 0.3) is 0 Å². The van der Waals surface area contributed by atoms with Crippen LogP contribution in [0.2, 0.25) is 5.02 Å². The van der Waals surface area contributed by atoms with Crippen molar-refractivity contribution in [1.82, 2.24) is 10.2 Å². The summed E-state index contributed by atoms with van der Waals surface area (Å²) in [5, 5.41) is 3.75. The molecule has 116 valence electrons.